The topological polar surface area (TPSA) is 138 Å². The molecule has 400 valence electrons. The minimum Gasteiger partial charge on any atom is -0.381 e. The third-order valence-electron chi connectivity index (χ3n) is 17.7. The van der Waals surface area contributed by atoms with E-state index in [1.807, 2.05) is 35.9 Å². The van der Waals surface area contributed by atoms with Gasteiger partial charge in [0.2, 0.25) is 5.91 Å². The number of anilines is 2. The Labute approximate surface area is 451 Å². The highest BCUT2D eigenvalue weighted by molar-refractivity contribution is 7.90. The van der Waals surface area contributed by atoms with Gasteiger partial charge in [-0.3, -0.25) is 19.3 Å². The van der Waals surface area contributed by atoms with Crippen LogP contribution in [0.1, 0.15) is 137 Å². The van der Waals surface area contributed by atoms with Gasteiger partial charge in [0.25, 0.3) is 21.8 Å². The number of carbonyl (C=O) groups is 3. The zero-order valence-electron chi connectivity index (χ0n) is 44.7. The fourth-order valence-electron chi connectivity index (χ4n) is 13.4. The molecule has 8 aliphatic rings. The van der Waals surface area contributed by atoms with Crippen molar-refractivity contribution in [3.05, 3.63) is 106 Å². The third kappa shape index (κ3) is 11.9. The Bertz CT molecular complexity index is 2890. The number of allylic oxidation sites excluding steroid dienone is 2. The van der Waals surface area contributed by atoms with Crippen molar-refractivity contribution < 1.29 is 22.8 Å². The number of nitrogens with one attached hydrogen (secondary N) is 3. The number of nitrogens with zero attached hydrogens (tertiary/aromatic N) is 5. The number of hydrogen-bond acceptors (Lipinski definition) is 11. The van der Waals surface area contributed by atoms with Gasteiger partial charge in [0, 0.05) is 123 Å². The summed E-state index contributed by atoms with van der Waals surface area (Å²) < 4.78 is 29.3. The summed E-state index contributed by atoms with van der Waals surface area (Å²) in [6, 6.07) is 17.5. The number of amides is 3. The molecule has 3 saturated heterocycles. The lowest BCUT2D eigenvalue weighted by atomic mass is 9.33. The molecule has 2 atom stereocenters. The van der Waals surface area contributed by atoms with E-state index in [-0.39, 0.29) is 22.8 Å². The van der Waals surface area contributed by atoms with Crippen molar-refractivity contribution in [2.24, 2.45) is 16.2 Å². The Kier molecular flexibility index (Phi) is 15.4. The standard InChI is InChI=1S/C60H78N8O5S2/c1-6-47(22-25-65-28-26-64(27-29-65)24-9-7-8-10-43-12-18-50-46(34-43)38-68(57(50)71)53-20-11-42(2)61-56(53)70)62-52-19-17-49(35-54(52)74)75(72,73)63-55(69)44-13-15-48(16-14-44)67-32-30-66(31-33-67)37-45-21-23-58(3,4)36-51(45)60-39-59(5,40-60)41-60/h12-19,34-35,47,53,62,74H,2,6-7,9,11,20-33,36-41H2,1,3-5H3,(H,61,70)(H,63,69). The van der Waals surface area contributed by atoms with Gasteiger partial charge in [-0.2, -0.15) is 0 Å². The van der Waals surface area contributed by atoms with Crippen LogP contribution in [0.2, 0.25) is 0 Å². The van der Waals surface area contributed by atoms with Crippen LogP contribution in [-0.4, -0.2) is 130 Å². The fraction of sp³-hybridized carbons (Fsp3) is 0.550. The number of fused-ring (bicyclic) bond motifs is 1. The molecular formula is C60H78N8O5S2. The predicted molar refractivity (Wildman–Crippen MR) is 300 cm³/mol. The summed E-state index contributed by atoms with van der Waals surface area (Å²) in [5.74, 6) is 5.70. The van der Waals surface area contributed by atoms with Crippen molar-refractivity contribution in [3.8, 4) is 11.8 Å². The molecule has 2 unspecified atom stereocenters. The zero-order chi connectivity index (χ0) is 52.7. The van der Waals surface area contributed by atoms with E-state index in [2.05, 4.69) is 93.7 Å². The second-order valence-electron chi connectivity index (χ2n) is 24.0. The molecule has 0 radical (unpaired) electrons. The summed E-state index contributed by atoms with van der Waals surface area (Å²) in [7, 11) is -4.14. The normalized spacial score (nSPS) is 25.4. The van der Waals surface area contributed by atoms with Gasteiger partial charge >= 0.3 is 0 Å². The largest absolute Gasteiger partial charge is 0.381 e. The molecule has 2 bridgehead atoms. The van der Waals surface area contributed by atoms with E-state index in [0.29, 0.717) is 57.4 Å². The van der Waals surface area contributed by atoms with Gasteiger partial charge in [0.1, 0.15) is 6.04 Å². The predicted octanol–water partition coefficient (Wildman–Crippen LogP) is 8.69. The van der Waals surface area contributed by atoms with Crippen LogP contribution < -0.4 is 20.3 Å². The van der Waals surface area contributed by atoms with Crippen LogP contribution in [0.15, 0.2) is 93.9 Å². The van der Waals surface area contributed by atoms with E-state index in [4.69, 9.17) is 0 Å². The molecule has 4 aliphatic heterocycles. The summed E-state index contributed by atoms with van der Waals surface area (Å²) in [5, 5.41) is 6.39. The van der Waals surface area contributed by atoms with E-state index in [0.717, 1.165) is 120 Å². The molecule has 15 heteroatoms. The van der Waals surface area contributed by atoms with Gasteiger partial charge < -0.3 is 30.2 Å². The molecule has 3 aromatic rings. The molecule has 13 nitrogen and oxygen atoms in total. The molecule has 3 amide bonds. The molecule has 3 aromatic carbocycles. The fourth-order valence-corrected chi connectivity index (χ4v) is 14.8. The van der Waals surface area contributed by atoms with Crippen molar-refractivity contribution in [3.63, 3.8) is 0 Å². The number of piperazine rings is 2. The number of piperidine rings is 1. The van der Waals surface area contributed by atoms with E-state index in [1.54, 1.807) is 28.7 Å². The quantitative estimate of drug-likeness (QED) is 0.0450. The Morgan fingerprint density at radius 3 is 2.28 bits per heavy atom. The lowest BCUT2D eigenvalue weighted by Gasteiger charge is -2.72. The minimum atomic E-state index is -4.14. The molecule has 4 heterocycles. The maximum absolute atomic E-state index is 13.5. The van der Waals surface area contributed by atoms with Crippen LogP contribution in [-0.2, 0) is 21.4 Å². The third-order valence-corrected chi connectivity index (χ3v) is 19.4. The summed E-state index contributed by atoms with van der Waals surface area (Å²) >= 11 is 4.69. The summed E-state index contributed by atoms with van der Waals surface area (Å²) in [6.45, 7) is 24.7. The molecule has 6 fully saturated rings. The first kappa shape index (κ1) is 53.3. The van der Waals surface area contributed by atoms with Crippen molar-refractivity contribution in [2.75, 3.05) is 82.2 Å². The highest BCUT2D eigenvalue weighted by atomic mass is 32.2. The molecule has 4 aliphatic carbocycles. The molecule has 11 rings (SSSR count). The SMILES string of the molecule is C=C1CCC(N2Cc3cc(C#CCCCN4CCN(CCC(CC)Nc5ccc(S(=O)(=O)NC(=O)c6ccc(N7CCN(CC8=C(C9%10CC(C)(C9)C%10)CC(C)(C)CC8)CC7)cc6)cc5S)CC4)ccc3C2=O)C(=O)N1. The number of hydrogen-bond donors (Lipinski definition) is 4. The van der Waals surface area contributed by atoms with E-state index >= 15 is 0 Å². The lowest BCUT2D eigenvalue weighted by molar-refractivity contribution is -0.167. The zero-order valence-corrected chi connectivity index (χ0v) is 46.4. The van der Waals surface area contributed by atoms with Crippen LogP contribution in [0.4, 0.5) is 11.4 Å². The summed E-state index contributed by atoms with van der Waals surface area (Å²) in [6.07, 6.45) is 12.8. The number of carbonyl (C=O) groups excluding carboxylic acids is 3. The molecule has 75 heavy (non-hydrogen) atoms. The Hall–Kier alpha value is -5.11. The maximum atomic E-state index is 13.5. The second-order valence-corrected chi connectivity index (χ2v) is 26.2. The van der Waals surface area contributed by atoms with E-state index in [1.165, 1.54) is 50.7 Å². The summed E-state index contributed by atoms with van der Waals surface area (Å²) in [4.78, 5) is 51.1. The summed E-state index contributed by atoms with van der Waals surface area (Å²) in [5.41, 5.74) is 10.3. The van der Waals surface area contributed by atoms with Gasteiger partial charge in [-0.15, -0.1) is 12.6 Å². The van der Waals surface area contributed by atoms with E-state index in [9.17, 15) is 22.8 Å². The maximum Gasteiger partial charge on any atom is 0.264 e. The highest BCUT2D eigenvalue weighted by Crippen LogP contribution is 2.77. The first-order chi connectivity index (χ1) is 35.9. The monoisotopic (exact) mass is 1050 g/mol. The molecule has 0 aromatic heterocycles. The first-order valence-corrected chi connectivity index (χ1v) is 29.6. The Morgan fingerprint density at radius 2 is 1.60 bits per heavy atom. The first-order valence-electron chi connectivity index (χ1n) is 27.7. The van der Waals surface area contributed by atoms with Gasteiger partial charge in [-0.05, 0) is 160 Å². The lowest BCUT2D eigenvalue weighted by Crippen LogP contribution is -2.61. The second kappa shape index (κ2) is 21.7. The Morgan fingerprint density at radius 1 is 0.893 bits per heavy atom. The number of sulfonamides is 1. The number of benzene rings is 3. The number of thiol groups is 1. The van der Waals surface area contributed by atoms with Crippen LogP contribution in [0.3, 0.4) is 0 Å². The van der Waals surface area contributed by atoms with Gasteiger partial charge in [0.05, 0.1) is 4.90 Å². The van der Waals surface area contributed by atoms with Crippen molar-refractivity contribution in [1.82, 2.24) is 29.6 Å². The van der Waals surface area contributed by atoms with E-state index < -0.39 is 22.0 Å². The van der Waals surface area contributed by atoms with Crippen molar-refractivity contribution in [1.29, 1.82) is 0 Å². The molecular weight excluding hydrogens is 977 g/mol. The van der Waals surface area contributed by atoms with Gasteiger partial charge in [0.15, 0.2) is 0 Å². The molecule has 3 saturated carbocycles. The van der Waals surface area contributed by atoms with Crippen molar-refractivity contribution >= 4 is 51.7 Å². The van der Waals surface area contributed by atoms with Crippen LogP contribution >= 0.6 is 12.6 Å². The Balaban J connectivity index is 0.626. The number of unbranched alkanes of at least 4 members (excludes halogenated alkanes) is 1. The minimum absolute atomic E-state index is 0.0116. The average molecular weight is 1060 g/mol. The smallest absolute Gasteiger partial charge is 0.264 e. The molecule has 0 spiro atoms. The van der Waals surface area contributed by atoms with Crippen LogP contribution in [0, 0.1) is 28.1 Å². The molecule has 3 N–H and O–H groups in total. The van der Waals surface area contributed by atoms with Crippen LogP contribution in [0.5, 0.6) is 0 Å². The average Bonchev–Trinajstić information content (AvgIpc) is 3.70. The van der Waals surface area contributed by atoms with Gasteiger partial charge in [-0.1, -0.05) is 57.3 Å². The van der Waals surface area contributed by atoms with Gasteiger partial charge in [-0.25, -0.2) is 13.1 Å². The van der Waals surface area contributed by atoms with Crippen molar-refractivity contribution in [2.45, 2.75) is 133 Å². The van der Waals surface area contributed by atoms with Crippen LogP contribution in [0.25, 0.3) is 0 Å². The number of rotatable bonds is 17. The highest BCUT2D eigenvalue weighted by Gasteiger charge is 2.67.